The Kier molecular flexibility index (Phi) is 7.10. The van der Waals surface area contributed by atoms with Gasteiger partial charge < -0.3 is 15.2 Å². The summed E-state index contributed by atoms with van der Waals surface area (Å²) in [6, 6.07) is 7.76. The number of nitrogens with one attached hydrogen (secondary N) is 1. The molecule has 0 amide bonds. The number of hydrogen-bond donors (Lipinski definition) is 2. The van der Waals surface area contributed by atoms with Crippen LogP contribution in [0, 0.1) is 5.41 Å². The van der Waals surface area contributed by atoms with E-state index in [2.05, 4.69) is 4.90 Å². The maximum Gasteiger partial charge on any atom is 0.122 e. The zero-order chi connectivity index (χ0) is 14.1. The molecule has 1 aromatic carbocycles. The Bertz CT molecular complexity index is 396. The van der Waals surface area contributed by atoms with E-state index in [-0.39, 0.29) is 5.84 Å². The average Bonchev–Trinajstić information content (AvgIpc) is 2.38. The molecule has 1 rings (SSSR count). The highest BCUT2D eigenvalue weighted by Gasteiger charge is 2.02. The minimum atomic E-state index is 0.104. The van der Waals surface area contributed by atoms with Gasteiger partial charge in [-0.3, -0.25) is 10.3 Å². The predicted molar refractivity (Wildman–Crippen MR) is 76.5 cm³/mol. The number of ether oxygens (including phenoxy) is 2. The van der Waals surface area contributed by atoms with Gasteiger partial charge >= 0.3 is 0 Å². The molecule has 0 atom stereocenters. The minimum Gasteiger partial charge on any atom is -0.384 e. The predicted octanol–water partition coefficient (Wildman–Crippen LogP) is 1.07. The Morgan fingerprint density at radius 1 is 1.32 bits per heavy atom. The SMILES string of the molecule is COCCOCCN(C)Cc1cccc(C(=N)N)c1. The van der Waals surface area contributed by atoms with Gasteiger partial charge in [0.25, 0.3) is 0 Å². The van der Waals surface area contributed by atoms with Crippen LogP contribution in [-0.4, -0.2) is 51.3 Å². The number of nitrogen functional groups attached to an aromatic ring is 1. The second-order valence-electron chi connectivity index (χ2n) is 4.46. The van der Waals surface area contributed by atoms with Gasteiger partial charge in [0.2, 0.25) is 0 Å². The Morgan fingerprint density at radius 2 is 2.11 bits per heavy atom. The summed E-state index contributed by atoms with van der Waals surface area (Å²) < 4.78 is 10.3. The molecule has 0 spiro atoms. The van der Waals surface area contributed by atoms with Gasteiger partial charge in [-0.05, 0) is 18.7 Å². The van der Waals surface area contributed by atoms with Crippen molar-refractivity contribution >= 4 is 5.84 Å². The molecule has 0 fully saturated rings. The van der Waals surface area contributed by atoms with Gasteiger partial charge in [-0.2, -0.15) is 0 Å². The smallest absolute Gasteiger partial charge is 0.122 e. The summed E-state index contributed by atoms with van der Waals surface area (Å²) in [5, 5.41) is 7.42. The number of benzene rings is 1. The van der Waals surface area contributed by atoms with Crippen LogP contribution >= 0.6 is 0 Å². The lowest BCUT2D eigenvalue weighted by Gasteiger charge is -2.17. The second kappa shape index (κ2) is 8.63. The van der Waals surface area contributed by atoms with Gasteiger partial charge in [-0.25, -0.2) is 0 Å². The van der Waals surface area contributed by atoms with Crippen LogP contribution < -0.4 is 5.73 Å². The summed E-state index contributed by atoms with van der Waals surface area (Å²) in [5.74, 6) is 0.104. The maximum absolute atomic E-state index is 7.42. The average molecular weight is 265 g/mol. The Labute approximate surface area is 114 Å². The standard InChI is InChI=1S/C14H23N3O2/c1-17(6-7-19-9-8-18-2)11-12-4-3-5-13(10-12)14(15)16/h3-5,10H,6-9,11H2,1-2H3,(H3,15,16). The van der Waals surface area contributed by atoms with Crippen LogP contribution in [0.4, 0.5) is 0 Å². The number of likely N-dealkylation sites (N-methyl/N-ethyl adjacent to an activating group) is 1. The lowest BCUT2D eigenvalue weighted by molar-refractivity contribution is 0.0598. The van der Waals surface area contributed by atoms with Crippen LogP contribution in [0.1, 0.15) is 11.1 Å². The zero-order valence-electron chi connectivity index (χ0n) is 11.7. The molecule has 19 heavy (non-hydrogen) atoms. The molecule has 1 aromatic rings. The maximum atomic E-state index is 7.42. The van der Waals surface area contributed by atoms with Crippen molar-refractivity contribution in [2.24, 2.45) is 5.73 Å². The lowest BCUT2D eigenvalue weighted by Crippen LogP contribution is -2.23. The molecule has 0 unspecified atom stereocenters. The van der Waals surface area contributed by atoms with Gasteiger partial charge in [-0.15, -0.1) is 0 Å². The first-order valence-corrected chi connectivity index (χ1v) is 6.32. The Balaban J connectivity index is 2.33. The fourth-order valence-electron chi connectivity index (χ4n) is 1.69. The highest BCUT2D eigenvalue weighted by atomic mass is 16.5. The molecule has 0 aromatic heterocycles. The molecule has 0 radical (unpaired) electrons. The molecule has 0 aliphatic rings. The van der Waals surface area contributed by atoms with Gasteiger partial charge in [0.15, 0.2) is 0 Å². The van der Waals surface area contributed by atoms with Crippen LogP contribution in [0.25, 0.3) is 0 Å². The molecule has 0 bridgehead atoms. The molecular formula is C14H23N3O2. The van der Waals surface area contributed by atoms with E-state index in [9.17, 15) is 0 Å². The largest absolute Gasteiger partial charge is 0.384 e. The van der Waals surface area contributed by atoms with Crippen LogP contribution in [0.3, 0.4) is 0 Å². The van der Waals surface area contributed by atoms with Gasteiger partial charge in [-0.1, -0.05) is 18.2 Å². The number of nitrogens with zero attached hydrogens (tertiary/aromatic N) is 1. The summed E-state index contributed by atoms with van der Waals surface area (Å²) in [4.78, 5) is 2.17. The zero-order valence-corrected chi connectivity index (χ0v) is 11.7. The molecule has 0 saturated heterocycles. The van der Waals surface area contributed by atoms with Crippen molar-refractivity contribution in [2.75, 3.05) is 40.5 Å². The summed E-state index contributed by atoms with van der Waals surface area (Å²) in [5.41, 5.74) is 7.39. The van der Waals surface area contributed by atoms with E-state index in [1.54, 1.807) is 7.11 Å². The molecule has 0 saturated carbocycles. The molecule has 0 aliphatic heterocycles. The fraction of sp³-hybridized carbons (Fsp3) is 0.500. The Morgan fingerprint density at radius 3 is 2.79 bits per heavy atom. The first-order valence-electron chi connectivity index (χ1n) is 6.32. The monoisotopic (exact) mass is 265 g/mol. The van der Waals surface area contributed by atoms with Crippen molar-refractivity contribution in [3.8, 4) is 0 Å². The van der Waals surface area contributed by atoms with Crippen LogP contribution in [-0.2, 0) is 16.0 Å². The third-order valence-electron chi connectivity index (χ3n) is 2.74. The van der Waals surface area contributed by atoms with E-state index in [1.807, 2.05) is 31.3 Å². The van der Waals surface area contributed by atoms with E-state index in [4.69, 9.17) is 20.6 Å². The van der Waals surface area contributed by atoms with E-state index in [1.165, 1.54) is 0 Å². The van der Waals surface area contributed by atoms with Crippen molar-refractivity contribution in [2.45, 2.75) is 6.54 Å². The highest BCUT2D eigenvalue weighted by Crippen LogP contribution is 2.07. The topological polar surface area (TPSA) is 71.6 Å². The summed E-state index contributed by atoms with van der Waals surface area (Å²) >= 11 is 0. The number of hydrogen-bond acceptors (Lipinski definition) is 4. The highest BCUT2D eigenvalue weighted by molar-refractivity contribution is 5.95. The number of rotatable bonds is 9. The van der Waals surface area contributed by atoms with Crippen molar-refractivity contribution < 1.29 is 9.47 Å². The molecule has 3 N–H and O–H groups in total. The van der Waals surface area contributed by atoms with Gasteiger partial charge in [0.1, 0.15) is 5.84 Å². The molecular weight excluding hydrogens is 242 g/mol. The van der Waals surface area contributed by atoms with Crippen LogP contribution in [0.2, 0.25) is 0 Å². The van der Waals surface area contributed by atoms with Crippen molar-refractivity contribution in [1.29, 1.82) is 5.41 Å². The lowest BCUT2D eigenvalue weighted by atomic mass is 10.1. The van der Waals surface area contributed by atoms with Crippen LogP contribution in [0.15, 0.2) is 24.3 Å². The van der Waals surface area contributed by atoms with Crippen molar-refractivity contribution in [3.05, 3.63) is 35.4 Å². The Hall–Kier alpha value is -1.43. The van der Waals surface area contributed by atoms with Gasteiger partial charge in [0, 0.05) is 25.8 Å². The summed E-state index contributed by atoms with van der Waals surface area (Å²) in [6.45, 7) is 3.61. The fourth-order valence-corrected chi connectivity index (χ4v) is 1.69. The van der Waals surface area contributed by atoms with Crippen molar-refractivity contribution in [3.63, 3.8) is 0 Å². The summed E-state index contributed by atoms with van der Waals surface area (Å²) in [7, 11) is 3.71. The van der Waals surface area contributed by atoms with E-state index in [0.717, 1.165) is 24.2 Å². The van der Waals surface area contributed by atoms with Crippen molar-refractivity contribution in [1.82, 2.24) is 4.90 Å². The second-order valence-corrected chi connectivity index (χ2v) is 4.46. The number of amidine groups is 1. The van der Waals surface area contributed by atoms with E-state index in [0.29, 0.717) is 19.8 Å². The third kappa shape index (κ3) is 6.33. The normalized spacial score (nSPS) is 10.9. The first-order chi connectivity index (χ1) is 9.13. The van der Waals surface area contributed by atoms with Crippen LogP contribution in [0.5, 0.6) is 0 Å². The number of nitrogens with two attached hydrogens (primary N) is 1. The molecule has 5 nitrogen and oxygen atoms in total. The first kappa shape index (κ1) is 15.6. The van der Waals surface area contributed by atoms with E-state index >= 15 is 0 Å². The number of methoxy groups -OCH3 is 1. The van der Waals surface area contributed by atoms with E-state index < -0.39 is 0 Å². The molecule has 0 aliphatic carbocycles. The minimum absolute atomic E-state index is 0.104. The molecule has 5 heteroatoms. The summed E-state index contributed by atoms with van der Waals surface area (Å²) in [6.07, 6.45) is 0. The van der Waals surface area contributed by atoms with Gasteiger partial charge in [0.05, 0.1) is 19.8 Å². The third-order valence-corrected chi connectivity index (χ3v) is 2.74. The molecule has 106 valence electrons. The molecule has 0 heterocycles. The quantitative estimate of drug-likeness (QED) is 0.398.